The van der Waals surface area contributed by atoms with E-state index in [-0.39, 0.29) is 0 Å². The average molecular weight is 279 g/mol. The van der Waals surface area contributed by atoms with Crippen LogP contribution < -0.4 is 16.4 Å². The van der Waals surface area contributed by atoms with Gasteiger partial charge in [-0.15, -0.1) is 0 Å². The predicted molar refractivity (Wildman–Crippen MR) is 76.0 cm³/mol. The maximum atomic E-state index is 12.0. The highest BCUT2D eigenvalue weighted by Gasteiger charge is 2.20. The van der Waals surface area contributed by atoms with E-state index in [1.54, 1.807) is 0 Å². The van der Waals surface area contributed by atoms with Crippen LogP contribution in [-0.2, 0) is 9.53 Å². The van der Waals surface area contributed by atoms with Gasteiger partial charge in [0.25, 0.3) is 0 Å². The summed E-state index contributed by atoms with van der Waals surface area (Å²) in [4.78, 5) is 22.8. The minimum atomic E-state index is -0.855. The highest BCUT2D eigenvalue weighted by atomic mass is 16.5. The van der Waals surface area contributed by atoms with Crippen LogP contribution in [0, 0.1) is 0 Å². The molecule has 0 aliphatic carbocycles. The van der Waals surface area contributed by atoms with Crippen LogP contribution in [0.1, 0.15) is 24.9 Å². The first-order valence-corrected chi connectivity index (χ1v) is 6.61. The van der Waals surface area contributed by atoms with E-state index in [1.165, 1.54) is 0 Å². The Morgan fingerprint density at radius 3 is 2.60 bits per heavy atom. The van der Waals surface area contributed by atoms with Crippen molar-refractivity contribution in [3.63, 3.8) is 0 Å². The summed E-state index contributed by atoms with van der Waals surface area (Å²) in [6.45, 7) is 3.83. The Labute approximate surface area is 118 Å². The van der Waals surface area contributed by atoms with Gasteiger partial charge in [-0.05, 0) is 25.5 Å². The zero-order valence-electron chi connectivity index (χ0n) is 11.6. The predicted octanol–water partition coefficient (Wildman–Crippen LogP) is 0.939. The number of urea groups is 1. The lowest BCUT2D eigenvalue weighted by Gasteiger charge is -2.17. The van der Waals surface area contributed by atoms with Crippen LogP contribution >= 0.6 is 0 Å². The molecule has 3 amide bonds. The zero-order valence-corrected chi connectivity index (χ0v) is 11.6. The van der Waals surface area contributed by atoms with Gasteiger partial charge in [-0.3, -0.25) is 10.1 Å². The number of hydrogen-bond acceptors (Lipinski definition) is 4. The van der Waals surface area contributed by atoms with Crippen LogP contribution in [0.3, 0.4) is 0 Å². The van der Waals surface area contributed by atoms with Crippen molar-refractivity contribution in [2.75, 3.05) is 19.8 Å². The molecule has 4 N–H and O–H groups in total. The van der Waals surface area contributed by atoms with Crippen LogP contribution in [0.2, 0.25) is 0 Å². The Hall–Kier alpha value is -1.92. The molecule has 6 heteroatoms. The fourth-order valence-electron chi connectivity index (χ4n) is 1.77. The highest BCUT2D eigenvalue weighted by molar-refractivity contribution is 5.96. The molecule has 0 aliphatic rings. The van der Waals surface area contributed by atoms with Crippen molar-refractivity contribution < 1.29 is 14.3 Å². The number of carbonyl (C=O) groups excluding carboxylic acids is 2. The Bertz CT molecular complexity index is 423. The summed E-state index contributed by atoms with van der Waals surface area (Å²) in [5.74, 6) is -0.458. The molecule has 0 unspecified atom stereocenters. The molecule has 1 aromatic rings. The van der Waals surface area contributed by atoms with Gasteiger partial charge in [-0.2, -0.15) is 0 Å². The third kappa shape index (κ3) is 5.81. The second-order valence-corrected chi connectivity index (χ2v) is 4.20. The molecular weight excluding hydrogens is 258 g/mol. The third-order valence-electron chi connectivity index (χ3n) is 2.66. The van der Waals surface area contributed by atoms with E-state index in [0.29, 0.717) is 19.8 Å². The van der Waals surface area contributed by atoms with E-state index < -0.39 is 18.0 Å². The van der Waals surface area contributed by atoms with Gasteiger partial charge >= 0.3 is 6.03 Å². The van der Waals surface area contributed by atoms with E-state index in [9.17, 15) is 9.59 Å². The van der Waals surface area contributed by atoms with Crippen molar-refractivity contribution in [1.82, 2.24) is 10.6 Å². The molecule has 0 bridgehead atoms. The number of amides is 3. The number of ether oxygens (including phenoxy) is 1. The molecule has 0 aromatic heterocycles. The largest absolute Gasteiger partial charge is 0.382 e. The van der Waals surface area contributed by atoms with Gasteiger partial charge in [0.2, 0.25) is 5.91 Å². The maximum absolute atomic E-state index is 12.0. The summed E-state index contributed by atoms with van der Waals surface area (Å²) in [6.07, 6.45) is 0.779. The standard InChI is InChI=1S/C14H21N3O3/c1-2-20-10-6-9-16-12(13(18)17-14(15)19)11-7-4-3-5-8-11/h3-5,7-8,12,16H,2,6,9-10H2,1H3,(H3,15,17,18,19)/t12-/m0/s1. The van der Waals surface area contributed by atoms with Crippen LogP contribution in [0.5, 0.6) is 0 Å². The van der Waals surface area contributed by atoms with Crippen LogP contribution in [-0.4, -0.2) is 31.7 Å². The number of imide groups is 1. The van der Waals surface area contributed by atoms with E-state index in [4.69, 9.17) is 10.5 Å². The number of hydrogen-bond donors (Lipinski definition) is 3. The molecule has 1 aromatic carbocycles. The number of rotatable bonds is 8. The first-order chi connectivity index (χ1) is 9.65. The second kappa shape index (κ2) is 9.06. The van der Waals surface area contributed by atoms with Crippen molar-refractivity contribution in [2.45, 2.75) is 19.4 Å². The van der Waals surface area contributed by atoms with Crippen molar-refractivity contribution in [2.24, 2.45) is 5.73 Å². The minimum Gasteiger partial charge on any atom is -0.382 e. The maximum Gasteiger partial charge on any atom is 0.318 e. The summed E-state index contributed by atoms with van der Waals surface area (Å²) >= 11 is 0. The molecule has 6 nitrogen and oxygen atoms in total. The quantitative estimate of drug-likeness (QED) is 0.617. The lowest BCUT2D eigenvalue weighted by atomic mass is 10.1. The summed E-state index contributed by atoms with van der Waals surface area (Å²) < 4.78 is 5.23. The number of primary amides is 1. The van der Waals surface area contributed by atoms with Gasteiger partial charge in [0.05, 0.1) is 0 Å². The molecule has 1 atom stereocenters. The Balaban J connectivity index is 2.60. The highest BCUT2D eigenvalue weighted by Crippen LogP contribution is 2.12. The monoisotopic (exact) mass is 279 g/mol. The number of nitrogens with two attached hydrogens (primary N) is 1. The van der Waals surface area contributed by atoms with E-state index in [1.807, 2.05) is 37.3 Å². The molecule has 110 valence electrons. The first kappa shape index (κ1) is 16.1. The molecule has 0 saturated heterocycles. The fraction of sp³-hybridized carbons (Fsp3) is 0.429. The third-order valence-corrected chi connectivity index (χ3v) is 2.66. The normalized spacial score (nSPS) is 11.8. The lowest BCUT2D eigenvalue weighted by molar-refractivity contribution is -0.122. The molecule has 20 heavy (non-hydrogen) atoms. The van der Waals surface area contributed by atoms with Gasteiger partial charge in [0.1, 0.15) is 6.04 Å². The molecule has 0 radical (unpaired) electrons. The molecular formula is C14H21N3O3. The topological polar surface area (TPSA) is 93.4 Å². The fourth-order valence-corrected chi connectivity index (χ4v) is 1.77. The van der Waals surface area contributed by atoms with E-state index >= 15 is 0 Å². The second-order valence-electron chi connectivity index (χ2n) is 4.20. The van der Waals surface area contributed by atoms with Crippen molar-refractivity contribution in [3.05, 3.63) is 35.9 Å². The lowest BCUT2D eigenvalue weighted by Crippen LogP contribution is -2.43. The van der Waals surface area contributed by atoms with Crippen molar-refractivity contribution >= 4 is 11.9 Å². The van der Waals surface area contributed by atoms with E-state index in [0.717, 1.165) is 12.0 Å². The van der Waals surface area contributed by atoms with Crippen molar-refractivity contribution in [1.29, 1.82) is 0 Å². The average Bonchev–Trinajstić information content (AvgIpc) is 2.43. The summed E-state index contributed by atoms with van der Waals surface area (Å²) in [5, 5.41) is 5.20. The molecule has 1 rings (SSSR count). The number of carbonyl (C=O) groups is 2. The van der Waals surface area contributed by atoms with Gasteiger partial charge in [0.15, 0.2) is 0 Å². The number of benzene rings is 1. The van der Waals surface area contributed by atoms with Crippen molar-refractivity contribution in [3.8, 4) is 0 Å². The Morgan fingerprint density at radius 2 is 2.00 bits per heavy atom. The number of nitrogens with one attached hydrogen (secondary N) is 2. The zero-order chi connectivity index (χ0) is 14.8. The molecule has 0 aliphatic heterocycles. The Morgan fingerprint density at radius 1 is 1.30 bits per heavy atom. The smallest absolute Gasteiger partial charge is 0.318 e. The molecule has 0 spiro atoms. The minimum absolute atomic E-state index is 0.458. The van der Waals surface area contributed by atoms with Gasteiger partial charge in [0, 0.05) is 13.2 Å². The van der Waals surface area contributed by atoms with Gasteiger partial charge in [-0.25, -0.2) is 4.79 Å². The van der Waals surface area contributed by atoms with E-state index in [2.05, 4.69) is 10.6 Å². The van der Waals surface area contributed by atoms with Crippen LogP contribution in [0.4, 0.5) is 4.79 Å². The Kier molecular flexibility index (Phi) is 7.31. The van der Waals surface area contributed by atoms with Crippen LogP contribution in [0.25, 0.3) is 0 Å². The summed E-state index contributed by atoms with van der Waals surface area (Å²) in [7, 11) is 0. The molecule has 0 heterocycles. The van der Waals surface area contributed by atoms with Crippen LogP contribution in [0.15, 0.2) is 30.3 Å². The summed E-state index contributed by atoms with van der Waals surface area (Å²) in [6, 6.07) is 7.71. The summed E-state index contributed by atoms with van der Waals surface area (Å²) in [5.41, 5.74) is 5.77. The SMILES string of the molecule is CCOCCCN[C@H](C(=O)NC(N)=O)c1ccccc1. The van der Waals surface area contributed by atoms with Gasteiger partial charge in [-0.1, -0.05) is 30.3 Å². The molecule has 0 saturated carbocycles. The van der Waals surface area contributed by atoms with Gasteiger partial charge < -0.3 is 15.8 Å². The molecule has 0 fully saturated rings. The first-order valence-electron chi connectivity index (χ1n) is 6.61.